The molecule has 0 fully saturated rings. The zero-order chi connectivity index (χ0) is 67.7. The van der Waals surface area contributed by atoms with Crippen LogP contribution in [0.1, 0.15) is 381 Å². The second-order valence-electron chi connectivity index (χ2n) is 26.8. The number of hydrogen-bond acceptors (Lipinski definition) is 15. The second-order valence-corrected chi connectivity index (χ2v) is 29.7. The fraction of sp³-hybridized carbons (Fsp3) is 0.945. The molecule has 0 aromatic carbocycles. The normalized spacial score (nSPS) is 14.0. The van der Waals surface area contributed by atoms with Gasteiger partial charge < -0.3 is 33.8 Å². The number of phosphoric acid groups is 2. The number of ether oxygens (including phenoxy) is 4. The van der Waals surface area contributed by atoms with Crippen molar-refractivity contribution in [3.8, 4) is 0 Å². The summed E-state index contributed by atoms with van der Waals surface area (Å²) in [6, 6.07) is 0. The van der Waals surface area contributed by atoms with Crippen LogP contribution in [0.25, 0.3) is 0 Å². The summed E-state index contributed by atoms with van der Waals surface area (Å²) < 4.78 is 68.3. The Balaban J connectivity index is 5.17. The quantitative estimate of drug-likeness (QED) is 0.0222. The summed E-state index contributed by atoms with van der Waals surface area (Å²) in [5.74, 6) is -1.33. The highest BCUT2D eigenvalue weighted by Crippen LogP contribution is 2.45. The van der Waals surface area contributed by atoms with Crippen molar-refractivity contribution in [2.24, 2.45) is 5.92 Å². The summed E-state index contributed by atoms with van der Waals surface area (Å²) in [6.45, 7) is 7.24. The van der Waals surface area contributed by atoms with Crippen LogP contribution in [0.15, 0.2) is 0 Å². The third kappa shape index (κ3) is 66.7. The third-order valence-electron chi connectivity index (χ3n) is 17.0. The Morgan fingerprint density at radius 2 is 0.500 bits per heavy atom. The van der Waals surface area contributed by atoms with E-state index in [1.807, 2.05) is 0 Å². The molecule has 0 bridgehead atoms. The largest absolute Gasteiger partial charge is 0.472 e. The Hall–Kier alpha value is -1.94. The number of carbonyl (C=O) groups is 4. The molecule has 0 aromatic heterocycles. The van der Waals surface area contributed by atoms with Gasteiger partial charge in [0.25, 0.3) is 0 Å². The highest BCUT2D eigenvalue weighted by molar-refractivity contribution is 7.47. The van der Waals surface area contributed by atoms with Crippen molar-refractivity contribution >= 4 is 39.5 Å². The molecule has 17 nitrogen and oxygen atoms in total. The summed E-state index contributed by atoms with van der Waals surface area (Å²) in [7, 11) is -9.90. The van der Waals surface area contributed by atoms with Crippen LogP contribution in [-0.4, -0.2) is 96.7 Å². The smallest absolute Gasteiger partial charge is 0.462 e. The molecule has 0 spiro atoms. The first-order chi connectivity index (χ1) is 44.5. The topological polar surface area (TPSA) is 237 Å². The minimum atomic E-state index is -4.95. The van der Waals surface area contributed by atoms with Crippen LogP contribution >= 0.6 is 15.6 Å². The standard InChI is InChI=1S/C73H142O17P2/c1-6-9-12-15-18-20-22-23-24-25-26-27-28-31-35-39-44-49-54-59-73(78)90-69(63-84-71(76)57-52-47-42-38-34-32-29-30-33-36-41-45-50-55-66(4)5)65-88-92(81,82)86-61-67(74)60-85-91(79,80)87-64-68(62-83-70(75)56-51-46-40-17-14-11-8-3)89-72(77)58-53-48-43-37-21-19-16-13-10-7-2/h66-69,74H,6-65H2,1-5H3,(H,79,80)(H,81,82)/t67-,68+,69+/m0/s1. The molecule has 0 heterocycles. The Bertz CT molecular complexity index is 1770. The predicted molar refractivity (Wildman–Crippen MR) is 372 cm³/mol. The van der Waals surface area contributed by atoms with Gasteiger partial charge in [-0.25, -0.2) is 9.13 Å². The van der Waals surface area contributed by atoms with Crippen molar-refractivity contribution in [2.75, 3.05) is 39.6 Å². The van der Waals surface area contributed by atoms with Gasteiger partial charge in [-0.2, -0.15) is 0 Å². The lowest BCUT2D eigenvalue weighted by Gasteiger charge is -2.21. The molecule has 2 unspecified atom stereocenters. The molecule has 3 N–H and O–H groups in total. The van der Waals surface area contributed by atoms with Gasteiger partial charge in [-0.05, 0) is 31.6 Å². The van der Waals surface area contributed by atoms with Crippen molar-refractivity contribution in [2.45, 2.75) is 400 Å². The van der Waals surface area contributed by atoms with Gasteiger partial charge in [-0.15, -0.1) is 0 Å². The molecule has 0 aliphatic carbocycles. The molecule has 92 heavy (non-hydrogen) atoms. The minimum absolute atomic E-state index is 0.106. The van der Waals surface area contributed by atoms with Crippen molar-refractivity contribution in [3.05, 3.63) is 0 Å². The summed E-state index contributed by atoms with van der Waals surface area (Å²) in [5, 5.41) is 10.6. The summed E-state index contributed by atoms with van der Waals surface area (Å²) in [6.07, 6.45) is 54.3. The fourth-order valence-electron chi connectivity index (χ4n) is 11.2. The molecular formula is C73H142O17P2. The van der Waals surface area contributed by atoms with E-state index in [0.29, 0.717) is 25.7 Å². The fourth-order valence-corrected chi connectivity index (χ4v) is 12.8. The Morgan fingerprint density at radius 1 is 0.293 bits per heavy atom. The average Bonchev–Trinajstić information content (AvgIpc) is 1.85. The van der Waals surface area contributed by atoms with Crippen LogP contribution in [0.3, 0.4) is 0 Å². The first-order valence-corrected chi connectivity index (χ1v) is 41.1. The van der Waals surface area contributed by atoms with Gasteiger partial charge in [0.2, 0.25) is 0 Å². The molecule has 0 aliphatic heterocycles. The van der Waals surface area contributed by atoms with Crippen LogP contribution in [0.5, 0.6) is 0 Å². The lowest BCUT2D eigenvalue weighted by molar-refractivity contribution is -0.161. The second kappa shape index (κ2) is 66.3. The number of hydrogen-bond donors (Lipinski definition) is 3. The number of phosphoric ester groups is 2. The van der Waals surface area contributed by atoms with Gasteiger partial charge in [0.05, 0.1) is 26.4 Å². The van der Waals surface area contributed by atoms with E-state index in [9.17, 15) is 43.2 Å². The van der Waals surface area contributed by atoms with Crippen LogP contribution in [0, 0.1) is 5.92 Å². The Kier molecular flexibility index (Phi) is 64.9. The van der Waals surface area contributed by atoms with Gasteiger partial charge in [0, 0.05) is 25.7 Å². The third-order valence-corrected chi connectivity index (χ3v) is 18.9. The van der Waals surface area contributed by atoms with Crippen molar-refractivity contribution in [1.29, 1.82) is 0 Å². The average molecular weight is 1350 g/mol. The monoisotopic (exact) mass is 1350 g/mol. The summed E-state index contributed by atoms with van der Waals surface area (Å²) in [4.78, 5) is 72.5. The van der Waals surface area contributed by atoms with Gasteiger partial charge >= 0.3 is 39.5 Å². The molecule has 0 radical (unpaired) electrons. The van der Waals surface area contributed by atoms with E-state index in [4.69, 9.17) is 37.0 Å². The predicted octanol–water partition coefficient (Wildman–Crippen LogP) is 21.3. The summed E-state index contributed by atoms with van der Waals surface area (Å²) >= 11 is 0. The lowest BCUT2D eigenvalue weighted by Crippen LogP contribution is -2.30. The number of aliphatic hydroxyl groups is 1. The molecule has 5 atom stereocenters. The molecule has 0 saturated heterocycles. The zero-order valence-corrected chi connectivity index (χ0v) is 61.5. The number of rotatable bonds is 73. The van der Waals surface area contributed by atoms with E-state index in [-0.39, 0.29) is 25.7 Å². The van der Waals surface area contributed by atoms with Crippen molar-refractivity contribution in [3.63, 3.8) is 0 Å². The van der Waals surface area contributed by atoms with Crippen LogP contribution < -0.4 is 0 Å². The van der Waals surface area contributed by atoms with E-state index < -0.39 is 97.5 Å². The van der Waals surface area contributed by atoms with E-state index >= 15 is 0 Å². The molecule has 19 heteroatoms. The number of unbranched alkanes of at least 4 members (excludes halogenated alkanes) is 45. The van der Waals surface area contributed by atoms with Crippen LogP contribution in [-0.2, 0) is 65.4 Å². The lowest BCUT2D eigenvalue weighted by atomic mass is 10.0. The molecule has 0 saturated carbocycles. The molecule has 0 aliphatic rings. The molecule has 546 valence electrons. The SMILES string of the molecule is CCCCCCCCCCCCCCCCCCCCCC(=O)O[C@H](COC(=O)CCCCCCCCCCCCCCCC(C)C)COP(=O)(O)OC[C@@H](O)COP(=O)(O)OC[C@@H](COC(=O)CCCCCCCCC)OC(=O)CCCCCCCCCCCC. The van der Waals surface area contributed by atoms with Gasteiger partial charge in [-0.1, -0.05) is 330 Å². The molecule has 0 rings (SSSR count). The van der Waals surface area contributed by atoms with Crippen molar-refractivity contribution in [1.82, 2.24) is 0 Å². The van der Waals surface area contributed by atoms with E-state index in [0.717, 1.165) is 109 Å². The van der Waals surface area contributed by atoms with Gasteiger partial charge in [0.1, 0.15) is 19.3 Å². The van der Waals surface area contributed by atoms with E-state index in [2.05, 4.69) is 34.6 Å². The first kappa shape index (κ1) is 90.1. The van der Waals surface area contributed by atoms with Crippen LogP contribution in [0.2, 0.25) is 0 Å². The number of esters is 4. The zero-order valence-electron chi connectivity index (χ0n) is 59.7. The Labute approximate surface area is 562 Å². The maximum absolute atomic E-state index is 13.1. The first-order valence-electron chi connectivity index (χ1n) is 38.1. The van der Waals surface area contributed by atoms with Crippen LogP contribution in [0.4, 0.5) is 0 Å². The minimum Gasteiger partial charge on any atom is -0.462 e. The molecular weight excluding hydrogens is 1210 g/mol. The molecule has 0 amide bonds. The highest BCUT2D eigenvalue weighted by Gasteiger charge is 2.30. The highest BCUT2D eigenvalue weighted by atomic mass is 31.2. The summed E-state index contributed by atoms with van der Waals surface area (Å²) in [5.41, 5.74) is 0. The van der Waals surface area contributed by atoms with E-state index in [1.54, 1.807) is 0 Å². The van der Waals surface area contributed by atoms with Gasteiger partial charge in [0.15, 0.2) is 12.2 Å². The Morgan fingerprint density at radius 3 is 0.739 bits per heavy atom. The maximum atomic E-state index is 13.1. The number of aliphatic hydroxyl groups excluding tert-OH is 1. The maximum Gasteiger partial charge on any atom is 0.472 e. The van der Waals surface area contributed by atoms with E-state index in [1.165, 1.54) is 193 Å². The molecule has 0 aromatic rings. The van der Waals surface area contributed by atoms with Crippen molar-refractivity contribution < 1.29 is 80.2 Å². The number of carbonyl (C=O) groups excluding carboxylic acids is 4. The van der Waals surface area contributed by atoms with Gasteiger partial charge in [-0.3, -0.25) is 37.3 Å².